The minimum Gasteiger partial charge on any atom is -0.481 e. The zero-order valence-electron chi connectivity index (χ0n) is 17.3. The minimum absolute atomic E-state index is 0.184. The van der Waals surface area contributed by atoms with Gasteiger partial charge >= 0.3 is 12.1 Å². The summed E-state index contributed by atoms with van der Waals surface area (Å²) in [5.74, 6) is -2.57. The van der Waals surface area contributed by atoms with Crippen LogP contribution >= 0.6 is 22.9 Å². The summed E-state index contributed by atoms with van der Waals surface area (Å²) in [7, 11) is 0. The van der Waals surface area contributed by atoms with E-state index in [-0.39, 0.29) is 22.7 Å². The second-order valence-electron chi connectivity index (χ2n) is 7.20. The van der Waals surface area contributed by atoms with Crippen LogP contribution in [0.15, 0.2) is 58.3 Å². The quantitative estimate of drug-likeness (QED) is 0.272. The molecule has 0 unspecified atom stereocenters. The fourth-order valence-electron chi connectivity index (χ4n) is 3.13. The maximum atomic E-state index is 13.5. The zero-order chi connectivity index (χ0) is 25.3. The van der Waals surface area contributed by atoms with Crippen LogP contribution in [0.2, 0.25) is 5.02 Å². The van der Waals surface area contributed by atoms with Gasteiger partial charge in [-0.1, -0.05) is 11.6 Å². The van der Waals surface area contributed by atoms with Crippen LogP contribution in [0.3, 0.4) is 0 Å². The third-order valence-corrected chi connectivity index (χ3v) is 5.90. The van der Waals surface area contributed by atoms with Gasteiger partial charge in [0.05, 0.1) is 17.0 Å². The summed E-state index contributed by atoms with van der Waals surface area (Å²) in [6.07, 6.45) is -5.14. The molecule has 4 aromatic rings. The number of thiazole rings is 1. The van der Waals surface area contributed by atoms with Crippen molar-refractivity contribution in [3.05, 3.63) is 80.9 Å². The average molecular weight is 525 g/mol. The van der Waals surface area contributed by atoms with Gasteiger partial charge in [-0.15, -0.1) is 11.3 Å². The van der Waals surface area contributed by atoms with E-state index in [0.29, 0.717) is 39.9 Å². The predicted molar refractivity (Wildman–Crippen MR) is 121 cm³/mol. The molecule has 4 rings (SSSR count). The first-order valence-corrected chi connectivity index (χ1v) is 11.0. The molecule has 2 heterocycles. The lowest BCUT2D eigenvalue weighted by Crippen LogP contribution is -2.15. The third-order valence-electron chi connectivity index (χ3n) is 4.74. The molecule has 180 valence electrons. The van der Waals surface area contributed by atoms with Gasteiger partial charge in [0, 0.05) is 22.2 Å². The molecule has 0 spiro atoms. The molecule has 2 N–H and O–H groups in total. The molecule has 0 saturated heterocycles. The molecule has 0 fully saturated rings. The van der Waals surface area contributed by atoms with E-state index in [1.54, 1.807) is 23.6 Å². The SMILES string of the molecule is O=C(O)Cc1nc(-c2ccc(-c3ccc(NC(=O)c4ccc(F)c(C(F)(F)F)c4)cc3Cl)o2)cs1. The molecule has 0 aliphatic rings. The van der Waals surface area contributed by atoms with Crippen LogP contribution < -0.4 is 5.32 Å². The highest BCUT2D eigenvalue weighted by Gasteiger charge is 2.34. The number of nitrogens with zero attached hydrogens (tertiary/aromatic N) is 1. The van der Waals surface area contributed by atoms with Gasteiger partial charge in [-0.25, -0.2) is 9.37 Å². The van der Waals surface area contributed by atoms with Gasteiger partial charge in [-0.2, -0.15) is 13.2 Å². The maximum absolute atomic E-state index is 13.5. The smallest absolute Gasteiger partial charge is 0.419 e. The van der Waals surface area contributed by atoms with E-state index < -0.39 is 29.4 Å². The molecule has 12 heteroatoms. The standard InChI is InChI=1S/C23H13ClF4N2O4S/c24-15-8-12(29-22(33)11-1-4-16(25)14(7-11)23(26,27)28)2-3-13(15)18-5-6-19(34-18)17-10-35-20(30-17)9-21(31)32/h1-8,10H,9H2,(H,29,33)(H,31,32). The summed E-state index contributed by atoms with van der Waals surface area (Å²) < 4.78 is 58.0. The van der Waals surface area contributed by atoms with Crippen molar-refractivity contribution in [1.29, 1.82) is 0 Å². The first kappa shape index (κ1) is 24.4. The fraction of sp³-hybridized carbons (Fsp3) is 0.0870. The van der Waals surface area contributed by atoms with E-state index in [1.165, 1.54) is 23.5 Å². The van der Waals surface area contributed by atoms with Crippen LogP contribution in [0.5, 0.6) is 0 Å². The Bertz CT molecular complexity index is 1430. The predicted octanol–water partition coefficient (Wildman–Crippen LogP) is 6.76. The fourth-order valence-corrected chi connectivity index (χ4v) is 4.18. The largest absolute Gasteiger partial charge is 0.481 e. The number of hydrogen-bond donors (Lipinski definition) is 2. The molecule has 35 heavy (non-hydrogen) atoms. The Kier molecular flexibility index (Phi) is 6.64. The van der Waals surface area contributed by atoms with Gasteiger partial charge in [0.1, 0.15) is 22.3 Å². The number of hydrogen-bond acceptors (Lipinski definition) is 5. The van der Waals surface area contributed by atoms with E-state index in [9.17, 15) is 27.2 Å². The first-order valence-electron chi connectivity index (χ1n) is 9.75. The lowest BCUT2D eigenvalue weighted by atomic mass is 10.1. The van der Waals surface area contributed by atoms with Gasteiger partial charge in [-0.05, 0) is 48.5 Å². The topological polar surface area (TPSA) is 92.4 Å². The second kappa shape index (κ2) is 9.51. The Morgan fingerprint density at radius 3 is 2.51 bits per heavy atom. The van der Waals surface area contributed by atoms with E-state index >= 15 is 0 Å². The average Bonchev–Trinajstić information content (AvgIpc) is 3.42. The number of amides is 1. The van der Waals surface area contributed by atoms with Crippen molar-refractivity contribution < 1.29 is 36.7 Å². The molecule has 0 radical (unpaired) electrons. The monoisotopic (exact) mass is 524 g/mol. The van der Waals surface area contributed by atoms with Crippen LogP contribution in [-0.2, 0) is 17.4 Å². The third kappa shape index (κ3) is 5.52. The first-order chi connectivity index (χ1) is 16.5. The molecule has 0 bridgehead atoms. The summed E-state index contributed by atoms with van der Waals surface area (Å²) in [6.45, 7) is 0. The Hall–Kier alpha value is -3.70. The van der Waals surface area contributed by atoms with E-state index in [2.05, 4.69) is 10.3 Å². The van der Waals surface area contributed by atoms with Crippen molar-refractivity contribution >= 4 is 40.5 Å². The van der Waals surface area contributed by atoms with Crippen molar-refractivity contribution in [1.82, 2.24) is 4.98 Å². The number of rotatable bonds is 6. The molecule has 2 aromatic heterocycles. The number of aliphatic carboxylic acids is 1. The zero-order valence-corrected chi connectivity index (χ0v) is 18.9. The number of carbonyl (C=O) groups is 2. The number of alkyl halides is 3. The van der Waals surface area contributed by atoms with Crippen molar-refractivity contribution in [3.63, 3.8) is 0 Å². The highest BCUT2D eigenvalue weighted by Crippen LogP contribution is 2.35. The summed E-state index contributed by atoms with van der Waals surface area (Å²) in [4.78, 5) is 27.4. The van der Waals surface area contributed by atoms with Gasteiger partial charge in [0.2, 0.25) is 0 Å². The highest BCUT2D eigenvalue weighted by molar-refractivity contribution is 7.10. The second-order valence-corrected chi connectivity index (χ2v) is 8.55. The van der Waals surface area contributed by atoms with E-state index in [1.807, 2.05) is 0 Å². The Balaban J connectivity index is 1.51. The molecule has 0 aliphatic carbocycles. The minimum atomic E-state index is -4.94. The van der Waals surface area contributed by atoms with E-state index in [0.717, 1.165) is 6.07 Å². The van der Waals surface area contributed by atoms with Crippen molar-refractivity contribution in [2.75, 3.05) is 5.32 Å². The van der Waals surface area contributed by atoms with Gasteiger partial charge in [0.25, 0.3) is 5.91 Å². The number of carbonyl (C=O) groups excluding carboxylic acids is 1. The molecule has 0 atom stereocenters. The molecule has 0 aliphatic heterocycles. The number of anilines is 1. The molecule has 0 saturated carbocycles. The van der Waals surface area contributed by atoms with Crippen LogP contribution in [-0.4, -0.2) is 22.0 Å². The Labute approximate surface area is 203 Å². The normalized spacial score (nSPS) is 11.5. The van der Waals surface area contributed by atoms with Crippen molar-refractivity contribution in [2.24, 2.45) is 0 Å². The molecule has 2 aromatic carbocycles. The summed E-state index contributed by atoms with van der Waals surface area (Å²) >= 11 is 7.52. The summed E-state index contributed by atoms with van der Waals surface area (Å²) in [5.41, 5.74) is -0.776. The highest BCUT2D eigenvalue weighted by atomic mass is 35.5. The van der Waals surface area contributed by atoms with Gasteiger partial charge in [-0.3, -0.25) is 9.59 Å². The number of furan rings is 1. The summed E-state index contributed by atoms with van der Waals surface area (Å²) in [5, 5.41) is 13.6. The number of benzene rings is 2. The number of aromatic nitrogens is 1. The van der Waals surface area contributed by atoms with Gasteiger partial charge in [0.15, 0.2) is 5.76 Å². The van der Waals surface area contributed by atoms with E-state index in [4.69, 9.17) is 21.1 Å². The number of halogens is 5. The van der Waals surface area contributed by atoms with Crippen molar-refractivity contribution in [2.45, 2.75) is 12.6 Å². The number of nitrogens with one attached hydrogen (secondary N) is 1. The Morgan fingerprint density at radius 2 is 1.83 bits per heavy atom. The lowest BCUT2D eigenvalue weighted by molar-refractivity contribution is -0.140. The van der Waals surface area contributed by atoms with Crippen molar-refractivity contribution in [3.8, 4) is 22.8 Å². The molecular weight excluding hydrogens is 512 g/mol. The summed E-state index contributed by atoms with van der Waals surface area (Å²) in [6, 6.07) is 9.66. The van der Waals surface area contributed by atoms with Gasteiger partial charge < -0.3 is 14.8 Å². The Morgan fingerprint density at radius 1 is 1.09 bits per heavy atom. The van der Waals surface area contributed by atoms with Crippen LogP contribution in [0.1, 0.15) is 20.9 Å². The maximum Gasteiger partial charge on any atom is 0.419 e. The van der Waals surface area contributed by atoms with Crippen LogP contribution in [0, 0.1) is 5.82 Å². The van der Waals surface area contributed by atoms with Crippen LogP contribution in [0.25, 0.3) is 22.8 Å². The molecular formula is C23H13ClF4N2O4S. The molecule has 1 amide bonds. The molecule has 6 nitrogen and oxygen atoms in total. The number of carboxylic acids is 1. The lowest BCUT2D eigenvalue weighted by Gasteiger charge is -2.11. The van der Waals surface area contributed by atoms with Crippen LogP contribution in [0.4, 0.5) is 23.2 Å². The number of carboxylic acid groups (broad SMARTS) is 1.